The van der Waals surface area contributed by atoms with E-state index in [-0.39, 0.29) is 11.9 Å². The second-order valence-electron chi connectivity index (χ2n) is 7.99. The van der Waals surface area contributed by atoms with Crippen LogP contribution in [-0.4, -0.2) is 61.5 Å². The van der Waals surface area contributed by atoms with Gasteiger partial charge in [-0.1, -0.05) is 30.3 Å². The number of rotatable bonds is 6. The minimum absolute atomic E-state index is 0.0599. The third-order valence-electron chi connectivity index (χ3n) is 5.89. The Morgan fingerprint density at radius 3 is 2.47 bits per heavy atom. The van der Waals surface area contributed by atoms with Crippen LogP contribution in [0.15, 0.2) is 30.3 Å². The van der Waals surface area contributed by atoms with Crippen LogP contribution in [0.2, 0.25) is 0 Å². The van der Waals surface area contributed by atoms with E-state index in [2.05, 4.69) is 39.4 Å². The standard InChI is InChI=1S/C23H29N3O3S/c1-29-23(28)21-18-9-5-6-10-19(18)30-22(21)24-20(27)16-26-13-11-25(12-14-26)15-17-7-3-2-4-8-17/h2-4,7-8H,5-6,9-16H2,1H3,(H,24,27). The van der Waals surface area contributed by atoms with Crippen LogP contribution in [0.1, 0.15) is 39.2 Å². The highest BCUT2D eigenvalue weighted by Crippen LogP contribution is 2.38. The number of ether oxygens (including phenoxy) is 1. The molecule has 1 amide bonds. The van der Waals surface area contributed by atoms with E-state index in [1.165, 1.54) is 28.9 Å². The zero-order valence-electron chi connectivity index (χ0n) is 17.5. The molecule has 4 rings (SSSR count). The summed E-state index contributed by atoms with van der Waals surface area (Å²) in [7, 11) is 1.40. The number of esters is 1. The van der Waals surface area contributed by atoms with Gasteiger partial charge in [-0.2, -0.15) is 0 Å². The van der Waals surface area contributed by atoms with Crippen LogP contribution in [0, 0.1) is 0 Å². The zero-order chi connectivity index (χ0) is 20.9. The normalized spacial score (nSPS) is 17.4. The van der Waals surface area contributed by atoms with Crippen LogP contribution in [-0.2, 0) is 28.9 Å². The Hall–Kier alpha value is -2.22. The number of fused-ring (bicyclic) bond motifs is 1. The summed E-state index contributed by atoms with van der Waals surface area (Å²) in [5, 5.41) is 3.66. The first-order valence-electron chi connectivity index (χ1n) is 10.7. The van der Waals surface area contributed by atoms with Crippen LogP contribution >= 0.6 is 11.3 Å². The van der Waals surface area contributed by atoms with Crippen molar-refractivity contribution < 1.29 is 14.3 Å². The van der Waals surface area contributed by atoms with Crippen molar-refractivity contribution in [3.8, 4) is 0 Å². The monoisotopic (exact) mass is 427 g/mol. The number of thiophene rings is 1. The number of carbonyl (C=O) groups excluding carboxylic acids is 2. The third kappa shape index (κ3) is 4.91. The number of aryl methyl sites for hydroxylation is 1. The molecule has 30 heavy (non-hydrogen) atoms. The molecule has 1 aromatic carbocycles. The average Bonchev–Trinajstić information content (AvgIpc) is 3.13. The zero-order valence-corrected chi connectivity index (χ0v) is 18.3. The molecule has 0 unspecified atom stereocenters. The fourth-order valence-corrected chi connectivity index (χ4v) is 5.58. The molecule has 1 aliphatic heterocycles. The van der Waals surface area contributed by atoms with E-state index < -0.39 is 0 Å². The molecule has 6 nitrogen and oxygen atoms in total. The number of hydrogen-bond acceptors (Lipinski definition) is 6. The number of nitrogens with one attached hydrogen (secondary N) is 1. The van der Waals surface area contributed by atoms with Crippen LogP contribution < -0.4 is 5.32 Å². The first-order chi connectivity index (χ1) is 14.6. The van der Waals surface area contributed by atoms with Gasteiger partial charge in [-0.25, -0.2) is 4.79 Å². The van der Waals surface area contributed by atoms with Crippen molar-refractivity contribution in [1.82, 2.24) is 9.80 Å². The van der Waals surface area contributed by atoms with Gasteiger partial charge in [0, 0.05) is 37.6 Å². The van der Waals surface area contributed by atoms with Gasteiger partial charge in [0.15, 0.2) is 0 Å². The van der Waals surface area contributed by atoms with Crippen LogP contribution in [0.5, 0.6) is 0 Å². The van der Waals surface area contributed by atoms with E-state index in [0.717, 1.165) is 64.0 Å². The maximum absolute atomic E-state index is 12.7. The quantitative estimate of drug-likeness (QED) is 0.718. The summed E-state index contributed by atoms with van der Waals surface area (Å²) in [6.07, 6.45) is 4.07. The summed E-state index contributed by atoms with van der Waals surface area (Å²) >= 11 is 1.54. The van der Waals surface area contributed by atoms with Crippen molar-refractivity contribution in [1.29, 1.82) is 0 Å². The minimum atomic E-state index is -0.348. The molecule has 2 heterocycles. The largest absolute Gasteiger partial charge is 0.465 e. The van der Waals surface area contributed by atoms with Gasteiger partial charge in [0.05, 0.1) is 19.2 Å². The maximum atomic E-state index is 12.7. The van der Waals surface area contributed by atoms with Gasteiger partial charge in [-0.15, -0.1) is 11.3 Å². The number of carbonyl (C=O) groups is 2. The molecule has 1 aromatic heterocycles. The molecule has 1 N–H and O–H groups in total. The second-order valence-corrected chi connectivity index (χ2v) is 9.10. The highest BCUT2D eigenvalue weighted by atomic mass is 32.1. The number of benzene rings is 1. The van der Waals surface area contributed by atoms with Crippen molar-refractivity contribution in [2.75, 3.05) is 45.2 Å². The van der Waals surface area contributed by atoms with E-state index in [4.69, 9.17) is 4.74 Å². The van der Waals surface area contributed by atoms with E-state index in [1.54, 1.807) is 0 Å². The number of piperazine rings is 1. The van der Waals surface area contributed by atoms with Crippen LogP contribution in [0.25, 0.3) is 0 Å². The van der Waals surface area contributed by atoms with E-state index >= 15 is 0 Å². The predicted molar refractivity (Wildman–Crippen MR) is 119 cm³/mol. The summed E-state index contributed by atoms with van der Waals surface area (Å²) in [5.74, 6) is -0.408. The minimum Gasteiger partial charge on any atom is -0.465 e. The Labute approximate surface area is 181 Å². The lowest BCUT2D eigenvalue weighted by molar-refractivity contribution is -0.117. The molecule has 7 heteroatoms. The lowest BCUT2D eigenvalue weighted by atomic mass is 9.95. The number of anilines is 1. The Balaban J connectivity index is 1.32. The van der Waals surface area contributed by atoms with Crippen molar-refractivity contribution in [3.63, 3.8) is 0 Å². The van der Waals surface area contributed by atoms with E-state index in [9.17, 15) is 9.59 Å². The Morgan fingerprint density at radius 2 is 1.73 bits per heavy atom. The van der Waals surface area contributed by atoms with Crippen molar-refractivity contribution in [2.45, 2.75) is 32.2 Å². The predicted octanol–water partition coefficient (Wildman–Crippen LogP) is 3.17. The third-order valence-corrected chi connectivity index (χ3v) is 7.10. The fourth-order valence-electron chi connectivity index (χ4n) is 4.29. The van der Waals surface area contributed by atoms with Crippen molar-refractivity contribution in [2.24, 2.45) is 0 Å². The molecule has 160 valence electrons. The Kier molecular flexibility index (Phi) is 6.82. The van der Waals surface area contributed by atoms with Crippen LogP contribution in [0.3, 0.4) is 0 Å². The molecule has 1 fully saturated rings. The molecule has 2 aliphatic rings. The number of methoxy groups -OCH3 is 1. The van der Waals surface area contributed by atoms with Gasteiger partial charge in [-0.3, -0.25) is 14.6 Å². The summed E-state index contributed by atoms with van der Waals surface area (Å²) in [6, 6.07) is 10.5. The number of hydrogen-bond donors (Lipinski definition) is 1. The molecule has 2 aromatic rings. The molecule has 0 saturated carbocycles. The molecular formula is C23H29N3O3S. The summed E-state index contributed by atoms with van der Waals surface area (Å²) in [5.41, 5.74) is 2.96. The van der Waals surface area contributed by atoms with Gasteiger partial charge >= 0.3 is 5.97 Å². The highest BCUT2D eigenvalue weighted by Gasteiger charge is 2.27. The Bertz CT molecular complexity index is 889. The smallest absolute Gasteiger partial charge is 0.341 e. The second kappa shape index (κ2) is 9.73. The first kappa shape index (κ1) is 21.0. The summed E-state index contributed by atoms with van der Waals surface area (Å²) < 4.78 is 4.99. The maximum Gasteiger partial charge on any atom is 0.341 e. The summed E-state index contributed by atoms with van der Waals surface area (Å²) in [4.78, 5) is 30.9. The number of amides is 1. The summed E-state index contributed by atoms with van der Waals surface area (Å²) in [6.45, 7) is 4.92. The van der Waals surface area contributed by atoms with Gasteiger partial charge < -0.3 is 10.1 Å². The molecule has 0 radical (unpaired) electrons. The van der Waals surface area contributed by atoms with Gasteiger partial charge in [0.1, 0.15) is 5.00 Å². The van der Waals surface area contributed by atoms with Crippen molar-refractivity contribution >= 4 is 28.2 Å². The molecule has 1 saturated heterocycles. The lowest BCUT2D eigenvalue weighted by Gasteiger charge is -2.34. The molecule has 1 aliphatic carbocycles. The van der Waals surface area contributed by atoms with Crippen molar-refractivity contribution in [3.05, 3.63) is 51.9 Å². The van der Waals surface area contributed by atoms with Crippen LogP contribution in [0.4, 0.5) is 5.00 Å². The highest BCUT2D eigenvalue weighted by molar-refractivity contribution is 7.17. The SMILES string of the molecule is COC(=O)c1c(NC(=O)CN2CCN(Cc3ccccc3)CC2)sc2c1CCCC2. The topological polar surface area (TPSA) is 61.9 Å². The Morgan fingerprint density at radius 1 is 1.03 bits per heavy atom. The average molecular weight is 428 g/mol. The molecular weight excluding hydrogens is 398 g/mol. The van der Waals surface area contributed by atoms with E-state index in [0.29, 0.717) is 17.1 Å². The molecule has 0 atom stereocenters. The molecule has 0 spiro atoms. The van der Waals surface area contributed by atoms with Gasteiger partial charge in [0.2, 0.25) is 5.91 Å². The lowest BCUT2D eigenvalue weighted by Crippen LogP contribution is -2.48. The number of nitrogens with zero attached hydrogens (tertiary/aromatic N) is 2. The van der Waals surface area contributed by atoms with E-state index in [1.807, 2.05) is 6.07 Å². The molecule has 0 bridgehead atoms. The fraction of sp³-hybridized carbons (Fsp3) is 0.478. The van der Waals surface area contributed by atoms with Gasteiger partial charge in [-0.05, 0) is 36.8 Å². The van der Waals surface area contributed by atoms with Gasteiger partial charge in [0.25, 0.3) is 0 Å². The first-order valence-corrected chi connectivity index (χ1v) is 11.5.